The minimum atomic E-state index is -0.424. The first-order chi connectivity index (χ1) is 13.6. The average molecular weight is 404 g/mol. The fourth-order valence-corrected chi connectivity index (χ4v) is 3.64. The first-order valence-corrected chi connectivity index (χ1v) is 9.80. The predicted molar refractivity (Wildman–Crippen MR) is 112 cm³/mol. The number of nitrogens with one attached hydrogen (secondary N) is 2. The van der Waals surface area contributed by atoms with E-state index in [1.807, 2.05) is 6.08 Å². The maximum absolute atomic E-state index is 12.1. The Hall–Kier alpha value is -2.51. The van der Waals surface area contributed by atoms with Gasteiger partial charge in [0, 0.05) is 48.4 Å². The van der Waals surface area contributed by atoms with Crippen molar-refractivity contribution >= 4 is 29.5 Å². The van der Waals surface area contributed by atoms with E-state index < -0.39 is 6.03 Å². The first-order valence-electron chi connectivity index (χ1n) is 9.42. The molecule has 7 nitrogen and oxygen atoms in total. The molecule has 150 valence electrons. The number of amides is 2. The number of carbonyl (C=O) groups is 1. The van der Waals surface area contributed by atoms with Crippen LogP contribution in [0.4, 0.5) is 10.5 Å². The van der Waals surface area contributed by atoms with Gasteiger partial charge in [-0.3, -0.25) is 0 Å². The van der Waals surface area contributed by atoms with Crippen molar-refractivity contribution in [2.75, 3.05) is 44.7 Å². The van der Waals surface area contributed by atoms with E-state index in [2.05, 4.69) is 39.1 Å². The van der Waals surface area contributed by atoms with Gasteiger partial charge in [-0.1, -0.05) is 23.7 Å². The highest BCUT2D eigenvalue weighted by atomic mass is 35.5. The third kappa shape index (κ3) is 4.85. The summed E-state index contributed by atoms with van der Waals surface area (Å²) in [5, 5.41) is 7.44. The summed E-state index contributed by atoms with van der Waals surface area (Å²) in [7, 11) is 0. The van der Waals surface area contributed by atoms with Crippen molar-refractivity contribution in [2.45, 2.75) is 6.92 Å². The van der Waals surface area contributed by atoms with E-state index >= 15 is 0 Å². The summed E-state index contributed by atoms with van der Waals surface area (Å²) in [6.45, 7) is 11.0. The highest BCUT2D eigenvalue weighted by Gasteiger charge is 2.32. The van der Waals surface area contributed by atoms with Crippen molar-refractivity contribution < 1.29 is 9.53 Å². The van der Waals surface area contributed by atoms with E-state index in [-0.39, 0.29) is 5.92 Å². The Bertz CT molecular complexity index is 774. The van der Waals surface area contributed by atoms with Crippen LogP contribution in [0.25, 0.3) is 0 Å². The largest absolute Gasteiger partial charge is 0.378 e. The maximum Gasteiger partial charge on any atom is 0.339 e. The second kappa shape index (κ2) is 9.61. The van der Waals surface area contributed by atoms with Gasteiger partial charge in [0.15, 0.2) is 0 Å². The number of hydrogen-bond acceptors (Lipinski definition) is 5. The molecule has 0 aromatic heterocycles. The summed E-state index contributed by atoms with van der Waals surface area (Å²) in [6.07, 6.45) is 3.66. The van der Waals surface area contributed by atoms with Gasteiger partial charge in [0.2, 0.25) is 0 Å². The average Bonchev–Trinajstić information content (AvgIpc) is 3.06. The van der Waals surface area contributed by atoms with Crippen LogP contribution in [0.15, 0.2) is 53.4 Å². The number of urea groups is 1. The van der Waals surface area contributed by atoms with Crippen LogP contribution in [0.5, 0.6) is 0 Å². The Kier molecular flexibility index (Phi) is 6.95. The first kappa shape index (κ1) is 20.2. The van der Waals surface area contributed by atoms with Gasteiger partial charge < -0.3 is 19.9 Å². The molecule has 1 aromatic rings. The summed E-state index contributed by atoms with van der Waals surface area (Å²) in [4.78, 5) is 16.7. The summed E-state index contributed by atoms with van der Waals surface area (Å²) >= 11 is 5.93. The molecule has 1 atom stereocenters. The Morgan fingerprint density at radius 2 is 2.21 bits per heavy atom. The van der Waals surface area contributed by atoms with Crippen molar-refractivity contribution in [3.05, 3.63) is 53.3 Å². The molecular weight excluding hydrogens is 378 g/mol. The van der Waals surface area contributed by atoms with E-state index in [4.69, 9.17) is 16.3 Å². The summed E-state index contributed by atoms with van der Waals surface area (Å²) in [6, 6.07) is 6.53. The predicted octanol–water partition coefficient (Wildman–Crippen LogP) is 3.13. The SMILES string of the molecule is C=CC1CN(CC)C(N2CCOCC2)=C1/C=N/NC(=O)Nc1cccc(Cl)c1. The minimum Gasteiger partial charge on any atom is -0.378 e. The molecular formula is C20H26ClN5O2. The number of anilines is 1. The van der Waals surface area contributed by atoms with E-state index in [0.29, 0.717) is 23.9 Å². The molecule has 1 saturated heterocycles. The van der Waals surface area contributed by atoms with Gasteiger partial charge in [-0.25, -0.2) is 10.2 Å². The van der Waals surface area contributed by atoms with Crippen LogP contribution >= 0.6 is 11.6 Å². The Morgan fingerprint density at radius 3 is 2.89 bits per heavy atom. The molecule has 3 rings (SSSR count). The third-order valence-electron chi connectivity index (χ3n) is 4.80. The number of hydrazone groups is 1. The number of rotatable bonds is 6. The Labute approximate surface area is 170 Å². The molecule has 0 radical (unpaired) electrons. The van der Waals surface area contributed by atoms with Crippen molar-refractivity contribution in [2.24, 2.45) is 11.0 Å². The van der Waals surface area contributed by atoms with Crippen molar-refractivity contribution in [3.8, 4) is 0 Å². The molecule has 2 aliphatic heterocycles. The van der Waals surface area contributed by atoms with Gasteiger partial charge in [0.05, 0.1) is 19.4 Å². The maximum atomic E-state index is 12.1. The van der Waals surface area contributed by atoms with Gasteiger partial charge in [-0.2, -0.15) is 5.10 Å². The standard InChI is InChI=1S/C20H26ClN5O2/c1-3-15-14-25(4-2)19(26-8-10-28-11-9-26)18(15)13-22-24-20(27)23-17-7-5-6-16(21)12-17/h3,5-7,12-13,15H,1,4,8-11,14H2,2H3,(H2,23,24,27)/b22-13+. The second-order valence-corrected chi connectivity index (χ2v) is 7.03. The van der Waals surface area contributed by atoms with E-state index in [0.717, 1.165) is 37.6 Å². The molecule has 1 fully saturated rings. The number of ether oxygens (including phenoxy) is 1. The number of nitrogens with zero attached hydrogens (tertiary/aromatic N) is 3. The summed E-state index contributed by atoms with van der Waals surface area (Å²) in [5.41, 5.74) is 4.19. The zero-order valence-corrected chi connectivity index (χ0v) is 16.8. The van der Waals surface area contributed by atoms with Crippen molar-refractivity contribution in [1.82, 2.24) is 15.2 Å². The van der Waals surface area contributed by atoms with Gasteiger partial charge in [0.1, 0.15) is 5.82 Å². The number of benzene rings is 1. The molecule has 2 heterocycles. The zero-order chi connectivity index (χ0) is 19.9. The molecule has 0 aliphatic carbocycles. The van der Waals surface area contributed by atoms with Crippen LogP contribution in [0.1, 0.15) is 6.92 Å². The lowest BCUT2D eigenvalue weighted by atomic mass is 10.0. The zero-order valence-electron chi connectivity index (χ0n) is 16.0. The smallest absolute Gasteiger partial charge is 0.339 e. The Morgan fingerprint density at radius 1 is 1.43 bits per heavy atom. The van der Waals surface area contributed by atoms with E-state index in [1.165, 1.54) is 0 Å². The summed E-state index contributed by atoms with van der Waals surface area (Å²) in [5.74, 6) is 1.32. The monoisotopic (exact) mass is 403 g/mol. The molecule has 0 bridgehead atoms. The van der Waals surface area contributed by atoms with Crippen LogP contribution in [-0.2, 0) is 4.74 Å². The van der Waals surface area contributed by atoms with Crippen molar-refractivity contribution in [1.29, 1.82) is 0 Å². The van der Waals surface area contributed by atoms with Crippen molar-refractivity contribution in [3.63, 3.8) is 0 Å². The number of halogens is 1. The van der Waals surface area contributed by atoms with E-state index in [9.17, 15) is 4.79 Å². The number of morpholine rings is 1. The highest BCUT2D eigenvalue weighted by molar-refractivity contribution is 6.30. The lowest BCUT2D eigenvalue weighted by Crippen LogP contribution is -2.41. The minimum absolute atomic E-state index is 0.166. The molecule has 1 unspecified atom stereocenters. The van der Waals surface area contributed by atoms with Crippen LogP contribution in [0, 0.1) is 5.92 Å². The normalized spacial score (nSPS) is 20.0. The topological polar surface area (TPSA) is 69.2 Å². The number of hydrogen-bond donors (Lipinski definition) is 2. The highest BCUT2D eigenvalue weighted by Crippen LogP contribution is 2.30. The molecule has 1 aromatic carbocycles. The number of carbonyl (C=O) groups excluding carboxylic acids is 1. The molecule has 2 amide bonds. The van der Waals surface area contributed by atoms with Gasteiger partial charge in [0.25, 0.3) is 0 Å². The fourth-order valence-electron chi connectivity index (χ4n) is 3.45. The molecule has 0 spiro atoms. The lowest BCUT2D eigenvalue weighted by molar-refractivity contribution is 0.0402. The molecule has 2 N–H and O–H groups in total. The van der Waals surface area contributed by atoms with Gasteiger partial charge in [-0.15, -0.1) is 6.58 Å². The van der Waals surface area contributed by atoms with Gasteiger partial charge in [-0.05, 0) is 25.1 Å². The van der Waals surface area contributed by atoms with E-state index in [1.54, 1.807) is 30.5 Å². The second-order valence-electron chi connectivity index (χ2n) is 6.59. The summed E-state index contributed by atoms with van der Waals surface area (Å²) < 4.78 is 5.48. The molecule has 0 saturated carbocycles. The Balaban J connectivity index is 1.72. The van der Waals surface area contributed by atoms with Crippen LogP contribution in [-0.4, -0.2) is 61.4 Å². The lowest BCUT2D eigenvalue weighted by Gasteiger charge is -2.35. The fraction of sp³-hybridized carbons (Fsp3) is 0.400. The molecule has 28 heavy (non-hydrogen) atoms. The van der Waals surface area contributed by atoms with Crippen LogP contribution in [0.2, 0.25) is 5.02 Å². The quantitative estimate of drug-likeness (QED) is 0.435. The molecule has 8 heteroatoms. The van der Waals surface area contributed by atoms with Crippen LogP contribution in [0.3, 0.4) is 0 Å². The van der Waals surface area contributed by atoms with Crippen LogP contribution < -0.4 is 10.7 Å². The van der Waals surface area contributed by atoms with Gasteiger partial charge >= 0.3 is 6.03 Å². The third-order valence-corrected chi connectivity index (χ3v) is 5.04. The molecule has 2 aliphatic rings.